The fourth-order valence-corrected chi connectivity index (χ4v) is 3.08. The van der Waals surface area contributed by atoms with E-state index in [0.717, 1.165) is 22.1 Å². The number of thiazole rings is 1. The van der Waals surface area contributed by atoms with E-state index in [0.29, 0.717) is 6.54 Å². The van der Waals surface area contributed by atoms with Crippen molar-refractivity contribution in [2.45, 2.75) is 19.8 Å². The number of hydrogen-bond donors (Lipinski definition) is 2. The second kappa shape index (κ2) is 7.27. The highest BCUT2D eigenvalue weighted by Gasteiger charge is 2.11. The normalized spacial score (nSPS) is 11.9. The Morgan fingerprint density at radius 1 is 1.33 bits per heavy atom. The first-order valence-corrected chi connectivity index (χ1v) is 8.57. The SMILES string of the molecule is Cc1csc([C@@H](C)CNC(=O)Nc2ccc(-n3cccn3)cc2)n1. The number of aromatic nitrogens is 3. The van der Waals surface area contributed by atoms with Gasteiger partial charge in [0.05, 0.1) is 10.7 Å². The fourth-order valence-electron chi connectivity index (χ4n) is 2.23. The summed E-state index contributed by atoms with van der Waals surface area (Å²) < 4.78 is 1.77. The van der Waals surface area contributed by atoms with Crippen molar-refractivity contribution in [3.8, 4) is 5.69 Å². The topological polar surface area (TPSA) is 71.8 Å². The predicted octanol–water partition coefficient (Wildman–Crippen LogP) is 3.56. The number of nitrogens with one attached hydrogen (secondary N) is 2. The van der Waals surface area contributed by atoms with Crippen molar-refractivity contribution < 1.29 is 4.79 Å². The van der Waals surface area contributed by atoms with Gasteiger partial charge in [-0.2, -0.15) is 5.10 Å². The van der Waals surface area contributed by atoms with Crippen LogP contribution in [0.15, 0.2) is 48.1 Å². The number of anilines is 1. The largest absolute Gasteiger partial charge is 0.337 e. The number of hydrogen-bond acceptors (Lipinski definition) is 4. The fraction of sp³-hybridized carbons (Fsp3) is 0.235. The van der Waals surface area contributed by atoms with Crippen LogP contribution in [0.25, 0.3) is 5.69 Å². The number of urea groups is 1. The van der Waals surface area contributed by atoms with Gasteiger partial charge in [0, 0.05) is 41.6 Å². The Morgan fingerprint density at radius 3 is 2.75 bits per heavy atom. The summed E-state index contributed by atoms with van der Waals surface area (Å²) in [5.74, 6) is 0.191. The molecule has 7 heteroatoms. The quantitative estimate of drug-likeness (QED) is 0.745. The molecule has 0 fully saturated rings. The average Bonchev–Trinajstić information content (AvgIpc) is 3.25. The zero-order valence-corrected chi connectivity index (χ0v) is 14.4. The van der Waals surface area contributed by atoms with Gasteiger partial charge in [-0.1, -0.05) is 6.92 Å². The van der Waals surface area contributed by atoms with E-state index in [1.54, 1.807) is 22.2 Å². The van der Waals surface area contributed by atoms with Crippen molar-refractivity contribution in [1.29, 1.82) is 0 Å². The van der Waals surface area contributed by atoms with Gasteiger partial charge in [0.2, 0.25) is 0 Å². The van der Waals surface area contributed by atoms with Gasteiger partial charge in [0.1, 0.15) is 0 Å². The molecule has 24 heavy (non-hydrogen) atoms. The van der Waals surface area contributed by atoms with Gasteiger partial charge in [0.25, 0.3) is 0 Å². The highest BCUT2D eigenvalue weighted by molar-refractivity contribution is 7.09. The summed E-state index contributed by atoms with van der Waals surface area (Å²) in [5, 5.41) is 12.9. The van der Waals surface area contributed by atoms with Crippen LogP contribution in [0.1, 0.15) is 23.5 Å². The first kappa shape index (κ1) is 16.2. The monoisotopic (exact) mass is 341 g/mol. The number of rotatable bonds is 5. The first-order valence-electron chi connectivity index (χ1n) is 7.69. The van der Waals surface area contributed by atoms with Crippen LogP contribution in [0.4, 0.5) is 10.5 Å². The standard InChI is InChI=1S/C17H19N5OS/c1-12(16-20-13(2)11-24-16)10-18-17(23)21-14-4-6-15(7-5-14)22-9-3-8-19-22/h3-9,11-12H,10H2,1-2H3,(H2,18,21,23)/t12-/m0/s1. The highest BCUT2D eigenvalue weighted by Crippen LogP contribution is 2.19. The molecule has 0 spiro atoms. The molecular formula is C17H19N5OS. The minimum Gasteiger partial charge on any atom is -0.337 e. The molecule has 0 saturated carbocycles. The molecule has 0 aliphatic rings. The highest BCUT2D eigenvalue weighted by atomic mass is 32.1. The average molecular weight is 341 g/mol. The molecule has 6 nitrogen and oxygen atoms in total. The minimum atomic E-state index is -0.220. The molecule has 2 N–H and O–H groups in total. The summed E-state index contributed by atoms with van der Waals surface area (Å²) in [4.78, 5) is 16.5. The zero-order chi connectivity index (χ0) is 16.9. The van der Waals surface area contributed by atoms with Crippen molar-refractivity contribution in [3.63, 3.8) is 0 Å². The van der Waals surface area contributed by atoms with E-state index < -0.39 is 0 Å². The second-order valence-corrected chi connectivity index (χ2v) is 6.45. The molecule has 0 saturated heterocycles. The Hall–Kier alpha value is -2.67. The number of amides is 2. The van der Waals surface area contributed by atoms with Crippen LogP contribution in [0.2, 0.25) is 0 Å². The zero-order valence-electron chi connectivity index (χ0n) is 13.6. The maximum atomic E-state index is 12.0. The van der Waals surface area contributed by atoms with Gasteiger partial charge in [-0.05, 0) is 37.3 Å². The molecule has 0 unspecified atom stereocenters. The van der Waals surface area contributed by atoms with E-state index in [4.69, 9.17) is 0 Å². The molecule has 2 heterocycles. The third-order valence-corrected chi connectivity index (χ3v) is 4.72. The molecular weight excluding hydrogens is 322 g/mol. The second-order valence-electron chi connectivity index (χ2n) is 5.56. The number of carbonyl (C=O) groups excluding carboxylic acids is 1. The third kappa shape index (κ3) is 3.99. The van der Waals surface area contributed by atoms with Crippen LogP contribution in [-0.2, 0) is 0 Å². The molecule has 0 radical (unpaired) electrons. The summed E-state index contributed by atoms with van der Waals surface area (Å²) in [6.45, 7) is 4.57. The lowest BCUT2D eigenvalue weighted by Crippen LogP contribution is -2.31. The van der Waals surface area contributed by atoms with Gasteiger partial charge >= 0.3 is 6.03 Å². The van der Waals surface area contributed by atoms with E-state index in [1.165, 1.54) is 0 Å². The maximum absolute atomic E-state index is 12.0. The Kier molecular flexibility index (Phi) is 4.90. The van der Waals surface area contributed by atoms with Crippen LogP contribution in [0.5, 0.6) is 0 Å². The Labute approximate surface area is 144 Å². The smallest absolute Gasteiger partial charge is 0.319 e. The summed E-state index contributed by atoms with van der Waals surface area (Å²) >= 11 is 1.62. The van der Waals surface area contributed by atoms with Gasteiger partial charge < -0.3 is 10.6 Å². The van der Waals surface area contributed by atoms with E-state index >= 15 is 0 Å². The van der Waals surface area contributed by atoms with Gasteiger partial charge in [-0.25, -0.2) is 14.5 Å². The summed E-state index contributed by atoms with van der Waals surface area (Å²) in [6.07, 6.45) is 3.60. The van der Waals surface area contributed by atoms with E-state index in [2.05, 4.69) is 27.6 Å². The first-order chi connectivity index (χ1) is 11.6. The molecule has 0 aliphatic heterocycles. The van der Waals surface area contributed by atoms with E-state index in [9.17, 15) is 4.79 Å². The van der Waals surface area contributed by atoms with Crippen LogP contribution >= 0.6 is 11.3 Å². The molecule has 124 valence electrons. The van der Waals surface area contributed by atoms with Crippen molar-refractivity contribution in [3.05, 3.63) is 58.8 Å². The van der Waals surface area contributed by atoms with Gasteiger partial charge in [-0.15, -0.1) is 11.3 Å². The predicted molar refractivity (Wildman–Crippen MR) is 95.9 cm³/mol. The van der Waals surface area contributed by atoms with Crippen LogP contribution in [0.3, 0.4) is 0 Å². The van der Waals surface area contributed by atoms with Crippen molar-refractivity contribution in [2.24, 2.45) is 0 Å². The molecule has 0 aliphatic carbocycles. The number of benzene rings is 1. The van der Waals surface area contributed by atoms with Gasteiger partial charge in [-0.3, -0.25) is 0 Å². The molecule has 1 atom stereocenters. The summed E-state index contributed by atoms with van der Waals surface area (Å²) in [5.41, 5.74) is 2.70. The van der Waals surface area contributed by atoms with Crippen LogP contribution < -0.4 is 10.6 Å². The lowest BCUT2D eigenvalue weighted by Gasteiger charge is -2.11. The maximum Gasteiger partial charge on any atom is 0.319 e. The number of carbonyl (C=O) groups is 1. The van der Waals surface area contributed by atoms with Crippen molar-refractivity contribution in [1.82, 2.24) is 20.1 Å². The number of nitrogens with zero attached hydrogens (tertiary/aromatic N) is 3. The molecule has 3 aromatic rings. The lowest BCUT2D eigenvalue weighted by molar-refractivity contribution is 0.251. The van der Waals surface area contributed by atoms with E-state index in [-0.39, 0.29) is 11.9 Å². The molecule has 2 aromatic heterocycles. The molecule has 2 amide bonds. The van der Waals surface area contributed by atoms with Crippen LogP contribution in [0, 0.1) is 6.92 Å². The Balaban J connectivity index is 1.51. The van der Waals surface area contributed by atoms with Crippen LogP contribution in [-0.4, -0.2) is 27.3 Å². The Morgan fingerprint density at radius 2 is 2.12 bits per heavy atom. The Bertz CT molecular complexity index is 795. The summed E-state index contributed by atoms with van der Waals surface area (Å²) in [6, 6.07) is 9.16. The minimum absolute atomic E-state index is 0.191. The van der Waals surface area contributed by atoms with Crippen molar-refractivity contribution >= 4 is 23.1 Å². The third-order valence-electron chi connectivity index (χ3n) is 3.52. The van der Waals surface area contributed by atoms with Crippen molar-refractivity contribution in [2.75, 3.05) is 11.9 Å². The van der Waals surface area contributed by atoms with Gasteiger partial charge in [0.15, 0.2) is 0 Å². The molecule has 1 aromatic carbocycles. The lowest BCUT2D eigenvalue weighted by atomic mass is 10.2. The molecule has 3 rings (SSSR count). The number of aryl methyl sites for hydroxylation is 1. The molecule has 0 bridgehead atoms. The van der Waals surface area contributed by atoms with E-state index in [1.807, 2.05) is 48.8 Å². The summed E-state index contributed by atoms with van der Waals surface area (Å²) in [7, 11) is 0.